The van der Waals surface area contributed by atoms with E-state index in [1.54, 1.807) is 47.1 Å². The van der Waals surface area contributed by atoms with E-state index >= 15 is 13.2 Å². The molecule has 0 radical (unpaired) electrons. The summed E-state index contributed by atoms with van der Waals surface area (Å²) in [6, 6.07) is 18.0. The third-order valence-electron chi connectivity index (χ3n) is 11.7. The number of fused-ring (bicyclic) bond motifs is 2. The molecule has 0 fully saturated rings. The number of nitrogens with zero attached hydrogens (tertiary/aromatic N) is 7. The molecule has 3 unspecified atom stereocenters. The molecular formula is C45H36F4I2N8O4S2. The molecule has 0 spiro atoms. The van der Waals surface area contributed by atoms with Crippen molar-refractivity contribution in [3.05, 3.63) is 147 Å². The van der Waals surface area contributed by atoms with Crippen LogP contribution in [0.4, 0.5) is 17.6 Å². The Labute approximate surface area is 400 Å². The van der Waals surface area contributed by atoms with Gasteiger partial charge in [0, 0.05) is 59.4 Å². The lowest BCUT2D eigenvalue weighted by molar-refractivity contribution is -0.114. The molecule has 9 rings (SSSR count). The van der Waals surface area contributed by atoms with E-state index in [4.69, 9.17) is 10.1 Å². The topological polar surface area (TPSA) is 138 Å². The minimum atomic E-state index is -4.29. The maximum Gasteiger partial charge on any atom is 0.308 e. The SMILES string of the molecule is CC1CC(C(=O)NCCS(=O)(=O)c2cn(Cc3ccc(-c4cnn(I)c4)cc3F)c3cc(F)cc(F)c23)=NC(C)C1c1nn(I)cc1-c1ccc(Cn2c(=O)sc3ccccc32)c(F)c1. The summed E-state index contributed by atoms with van der Waals surface area (Å²) in [5.41, 5.74) is 4.62. The van der Waals surface area contributed by atoms with Crippen molar-refractivity contribution in [1.82, 2.24) is 30.4 Å². The van der Waals surface area contributed by atoms with Crippen molar-refractivity contribution in [1.29, 1.82) is 0 Å². The second-order valence-corrected chi connectivity index (χ2v) is 21.0. The number of benzene rings is 4. The predicted molar refractivity (Wildman–Crippen MR) is 259 cm³/mol. The number of aliphatic imine (C=N–C) groups is 1. The van der Waals surface area contributed by atoms with Gasteiger partial charge in [0.15, 0.2) is 9.84 Å². The van der Waals surface area contributed by atoms with Gasteiger partial charge in [-0.1, -0.05) is 54.7 Å². The van der Waals surface area contributed by atoms with Crippen LogP contribution < -0.4 is 10.2 Å². The standard InChI is InChI=1S/C45H36F4I2N8O4S2/c1-24-13-36(54-25(2)41(24)43-32(22-59(51)55-43)27-8-10-29(34(48)15-27)20-57-37-5-3-4-6-39(37)64-45(57)61)44(60)52-11-12-65(62,63)40-23-56(38-17-31(46)16-35(49)42(38)40)19-28-9-7-26(14-33(28)47)30-18-53-58(50)21-30/h3-10,14-18,21-25,41H,11-13,19-20H2,1-2H3,(H,52,60). The molecule has 0 bridgehead atoms. The first-order valence-corrected chi connectivity index (χ1v) is 24.6. The number of thiazole rings is 1. The predicted octanol–water partition coefficient (Wildman–Crippen LogP) is 9.34. The van der Waals surface area contributed by atoms with Crippen molar-refractivity contribution in [2.75, 3.05) is 12.3 Å². The van der Waals surface area contributed by atoms with Gasteiger partial charge in [0.1, 0.15) is 29.0 Å². The van der Waals surface area contributed by atoms with Gasteiger partial charge in [-0.2, -0.15) is 10.2 Å². The average molecular weight is 1150 g/mol. The van der Waals surface area contributed by atoms with Crippen LogP contribution in [0.1, 0.15) is 43.0 Å². The normalized spacial score (nSPS) is 16.7. The lowest BCUT2D eigenvalue weighted by atomic mass is 9.78. The molecule has 12 nitrogen and oxygen atoms in total. The van der Waals surface area contributed by atoms with E-state index in [0.717, 1.165) is 33.8 Å². The number of para-hydroxylation sites is 1. The minimum Gasteiger partial charge on any atom is -0.350 e. The summed E-state index contributed by atoms with van der Waals surface area (Å²) < 4.78 is 95.6. The molecule has 20 heteroatoms. The van der Waals surface area contributed by atoms with Crippen molar-refractivity contribution in [2.24, 2.45) is 10.9 Å². The van der Waals surface area contributed by atoms with Crippen LogP contribution in [0.15, 0.2) is 112 Å². The summed E-state index contributed by atoms with van der Waals surface area (Å²) in [5, 5.41) is 11.2. The van der Waals surface area contributed by atoms with Gasteiger partial charge in [-0.05, 0) is 60.7 Å². The number of aromatic nitrogens is 6. The number of halogens is 6. The molecule has 5 heterocycles. The second-order valence-electron chi connectivity index (χ2n) is 16.0. The van der Waals surface area contributed by atoms with E-state index in [-0.39, 0.29) is 64.9 Å². The van der Waals surface area contributed by atoms with E-state index in [0.29, 0.717) is 39.6 Å². The molecule has 1 aliphatic heterocycles. The van der Waals surface area contributed by atoms with Gasteiger partial charge in [-0.3, -0.25) is 19.1 Å². The quantitative estimate of drug-likeness (QED) is 0.0957. The van der Waals surface area contributed by atoms with E-state index in [1.807, 2.05) is 83.8 Å². The maximum atomic E-state index is 15.8. The van der Waals surface area contributed by atoms with E-state index in [2.05, 4.69) is 10.4 Å². The molecule has 1 amide bonds. The van der Waals surface area contributed by atoms with Crippen LogP contribution in [0.2, 0.25) is 0 Å². The summed E-state index contributed by atoms with van der Waals surface area (Å²) in [6.45, 7) is 3.33. The highest BCUT2D eigenvalue weighted by Crippen LogP contribution is 2.41. The molecule has 4 aromatic carbocycles. The highest BCUT2D eigenvalue weighted by Gasteiger charge is 2.36. The van der Waals surface area contributed by atoms with Crippen LogP contribution in [-0.4, -0.2) is 63.5 Å². The van der Waals surface area contributed by atoms with Gasteiger partial charge in [0.2, 0.25) is 0 Å². The Morgan fingerprint density at radius 1 is 0.846 bits per heavy atom. The number of amides is 1. The lowest BCUT2D eigenvalue weighted by Gasteiger charge is -2.32. The fourth-order valence-electron chi connectivity index (χ4n) is 8.61. The number of hydrogen-bond donors (Lipinski definition) is 1. The zero-order valence-corrected chi connectivity index (χ0v) is 40.3. The van der Waals surface area contributed by atoms with Gasteiger partial charge in [-0.15, -0.1) is 0 Å². The molecule has 0 saturated heterocycles. The second kappa shape index (κ2) is 17.9. The molecule has 1 N–H and O–H groups in total. The fourth-order valence-corrected chi connectivity index (χ4v) is 11.8. The molecule has 65 heavy (non-hydrogen) atoms. The number of carbonyl (C=O) groups is 1. The molecule has 1 aliphatic rings. The number of nitrogens with one attached hydrogen (secondary N) is 1. The highest BCUT2D eigenvalue weighted by molar-refractivity contribution is 14.1. The number of sulfone groups is 1. The minimum absolute atomic E-state index is 0.0755. The van der Waals surface area contributed by atoms with Gasteiger partial charge in [-0.25, -0.2) is 31.8 Å². The summed E-state index contributed by atoms with van der Waals surface area (Å²) >= 11 is 5.11. The van der Waals surface area contributed by atoms with Gasteiger partial charge in [0.05, 0.1) is 109 Å². The first kappa shape index (κ1) is 45.0. The van der Waals surface area contributed by atoms with Crippen molar-refractivity contribution in [3.63, 3.8) is 0 Å². The van der Waals surface area contributed by atoms with Crippen LogP contribution in [-0.2, 0) is 27.7 Å². The Hall–Kier alpha value is -5.20. The maximum absolute atomic E-state index is 15.8. The van der Waals surface area contributed by atoms with E-state index in [1.165, 1.54) is 22.8 Å². The largest absolute Gasteiger partial charge is 0.350 e. The molecule has 0 aliphatic carbocycles. The van der Waals surface area contributed by atoms with Crippen molar-refractivity contribution < 1.29 is 30.8 Å². The van der Waals surface area contributed by atoms with Crippen molar-refractivity contribution in [2.45, 2.75) is 50.2 Å². The first-order valence-electron chi connectivity index (χ1n) is 20.2. The van der Waals surface area contributed by atoms with Crippen LogP contribution >= 0.6 is 57.1 Å². The zero-order valence-electron chi connectivity index (χ0n) is 34.4. The first-order chi connectivity index (χ1) is 31.0. The Morgan fingerprint density at radius 2 is 1.57 bits per heavy atom. The third kappa shape index (κ3) is 8.92. The number of rotatable bonds is 12. The van der Waals surface area contributed by atoms with Gasteiger partial charge in [0.25, 0.3) is 5.91 Å². The summed E-state index contributed by atoms with van der Waals surface area (Å²) in [4.78, 5) is 30.4. The molecular weight excluding hydrogens is 1110 g/mol. The Kier molecular flexibility index (Phi) is 12.4. The molecule has 0 saturated carbocycles. The Morgan fingerprint density at radius 3 is 2.29 bits per heavy atom. The van der Waals surface area contributed by atoms with Crippen LogP contribution in [0.25, 0.3) is 43.4 Å². The van der Waals surface area contributed by atoms with Crippen LogP contribution in [0.3, 0.4) is 0 Å². The van der Waals surface area contributed by atoms with Gasteiger partial charge < -0.3 is 9.88 Å². The van der Waals surface area contributed by atoms with Crippen molar-refractivity contribution >= 4 is 99.6 Å². The number of carbonyl (C=O) groups excluding carboxylic acids is 1. The third-order valence-corrected chi connectivity index (χ3v) is 15.4. The monoisotopic (exact) mass is 1150 g/mol. The molecule has 8 aromatic rings. The van der Waals surface area contributed by atoms with Crippen LogP contribution in [0, 0.1) is 29.2 Å². The smallest absolute Gasteiger partial charge is 0.308 e. The Balaban J connectivity index is 0.890. The van der Waals surface area contributed by atoms with E-state index < -0.39 is 55.7 Å². The van der Waals surface area contributed by atoms with Crippen LogP contribution in [0.5, 0.6) is 0 Å². The fraction of sp³-hybridized carbons (Fsp3) is 0.222. The summed E-state index contributed by atoms with van der Waals surface area (Å²) in [7, 11) is -4.29. The number of hydrogen-bond acceptors (Lipinski definition) is 8. The Bertz CT molecular complexity index is 3400. The van der Waals surface area contributed by atoms with E-state index in [9.17, 15) is 22.4 Å². The summed E-state index contributed by atoms with van der Waals surface area (Å²) in [5.74, 6) is -4.70. The van der Waals surface area contributed by atoms with Crippen molar-refractivity contribution in [3.8, 4) is 22.3 Å². The lowest BCUT2D eigenvalue weighted by Crippen LogP contribution is -2.40. The molecule has 334 valence electrons. The summed E-state index contributed by atoms with van der Waals surface area (Å²) in [6.07, 6.45) is 6.49. The molecule has 4 aromatic heterocycles. The van der Waals surface area contributed by atoms with Gasteiger partial charge >= 0.3 is 4.87 Å². The zero-order chi connectivity index (χ0) is 45.9. The highest BCUT2D eigenvalue weighted by atomic mass is 127. The molecule has 3 atom stereocenters. The average Bonchev–Trinajstić information content (AvgIpc) is 4.03.